The summed E-state index contributed by atoms with van der Waals surface area (Å²) in [6.07, 6.45) is 4.04. The minimum absolute atomic E-state index is 0. The molecule has 0 saturated carbocycles. The van der Waals surface area contributed by atoms with Crippen LogP contribution in [0.3, 0.4) is 0 Å². The van der Waals surface area contributed by atoms with E-state index in [0.717, 1.165) is 18.5 Å². The van der Waals surface area contributed by atoms with Gasteiger partial charge in [-0.15, -0.1) is 0 Å². The first-order valence-corrected chi connectivity index (χ1v) is 2.78. The Labute approximate surface area is 97.3 Å². The summed E-state index contributed by atoms with van der Waals surface area (Å²) in [5.74, 6) is 0.175. The molecule has 9 heavy (non-hydrogen) atoms. The molecule has 0 aromatic heterocycles. The van der Waals surface area contributed by atoms with E-state index in [4.69, 9.17) is 5.73 Å². The third kappa shape index (κ3) is 3.52. The number of rotatable bonds is 0. The third-order valence-electron chi connectivity index (χ3n) is 1.24. The van der Waals surface area contributed by atoms with Gasteiger partial charge in [-0.1, -0.05) is 0 Å². The molecule has 0 aromatic carbocycles. The van der Waals surface area contributed by atoms with Gasteiger partial charge >= 0.3 is 51.4 Å². The van der Waals surface area contributed by atoms with Crippen LogP contribution in [0.2, 0.25) is 0 Å². The van der Waals surface area contributed by atoms with Crippen LogP contribution in [0.15, 0.2) is 11.8 Å². The van der Waals surface area contributed by atoms with E-state index < -0.39 is 0 Å². The van der Waals surface area contributed by atoms with Crippen LogP contribution in [0.1, 0.15) is 19.3 Å². The topological polar surface area (TPSA) is 43.1 Å². The molecule has 0 fully saturated rings. The molecule has 0 amide bonds. The molecule has 0 radical (unpaired) electrons. The fourth-order valence-corrected chi connectivity index (χ4v) is 0.818. The summed E-state index contributed by atoms with van der Waals surface area (Å²) in [6.45, 7) is 0. The predicted molar refractivity (Wildman–Crippen MR) is 38.3 cm³/mol. The standard InChI is InChI=1S/C6H9NO.K.H/c7-5-2-1-3-6(8)4-5;;/h4H,1-3,7H2;;. The molecule has 2 N–H and O–H groups in total. The second kappa shape index (κ2) is 4.63. The Balaban J connectivity index is 0.000000640. The van der Waals surface area contributed by atoms with Crippen molar-refractivity contribution in [3.63, 3.8) is 0 Å². The number of allylic oxidation sites excluding steroid dienone is 2. The first-order valence-electron chi connectivity index (χ1n) is 2.78. The zero-order valence-electron chi connectivity index (χ0n) is 4.68. The van der Waals surface area contributed by atoms with Crippen molar-refractivity contribution >= 4 is 57.2 Å². The van der Waals surface area contributed by atoms with Crippen LogP contribution < -0.4 is 5.73 Å². The average molecular weight is 151 g/mol. The quantitative estimate of drug-likeness (QED) is 0.493. The zero-order valence-corrected chi connectivity index (χ0v) is 4.68. The summed E-state index contributed by atoms with van der Waals surface area (Å²) in [5.41, 5.74) is 6.10. The Morgan fingerprint density at radius 1 is 1.44 bits per heavy atom. The first-order chi connectivity index (χ1) is 3.79. The van der Waals surface area contributed by atoms with Gasteiger partial charge in [0.05, 0.1) is 0 Å². The van der Waals surface area contributed by atoms with Crippen LogP contribution in [0, 0.1) is 0 Å². The number of hydrogen-bond donors (Lipinski definition) is 1. The van der Waals surface area contributed by atoms with Crippen LogP contribution in [-0.4, -0.2) is 57.2 Å². The van der Waals surface area contributed by atoms with E-state index >= 15 is 0 Å². The van der Waals surface area contributed by atoms with E-state index in [9.17, 15) is 4.79 Å². The molecule has 0 heterocycles. The van der Waals surface area contributed by atoms with Crippen LogP contribution in [-0.2, 0) is 4.79 Å². The van der Waals surface area contributed by atoms with Crippen molar-refractivity contribution in [1.82, 2.24) is 0 Å². The fourth-order valence-electron chi connectivity index (χ4n) is 0.818. The number of nitrogens with two attached hydrogens (primary N) is 1. The molecule has 0 saturated heterocycles. The first kappa shape index (κ1) is 9.85. The Morgan fingerprint density at radius 2 is 2.11 bits per heavy atom. The normalized spacial score (nSPS) is 18.2. The van der Waals surface area contributed by atoms with Crippen molar-refractivity contribution in [1.29, 1.82) is 0 Å². The Morgan fingerprint density at radius 3 is 2.44 bits per heavy atom. The maximum absolute atomic E-state index is 10.5. The van der Waals surface area contributed by atoms with Crippen molar-refractivity contribution in [2.45, 2.75) is 19.3 Å². The minimum atomic E-state index is 0. The van der Waals surface area contributed by atoms with Gasteiger partial charge in [0.15, 0.2) is 5.78 Å². The Hall–Kier alpha value is 0.846. The molecule has 2 nitrogen and oxygen atoms in total. The molecule has 1 aliphatic carbocycles. The average Bonchev–Trinajstić information content (AvgIpc) is 1.64. The summed E-state index contributed by atoms with van der Waals surface area (Å²) in [4.78, 5) is 10.5. The van der Waals surface area contributed by atoms with Crippen molar-refractivity contribution in [2.24, 2.45) is 5.73 Å². The van der Waals surface area contributed by atoms with Gasteiger partial charge in [-0.25, -0.2) is 0 Å². The fraction of sp³-hybridized carbons (Fsp3) is 0.500. The van der Waals surface area contributed by atoms with Gasteiger partial charge < -0.3 is 5.73 Å². The number of ketones is 1. The van der Waals surface area contributed by atoms with Gasteiger partial charge in [-0.3, -0.25) is 4.79 Å². The number of hydrogen-bond acceptors (Lipinski definition) is 2. The van der Waals surface area contributed by atoms with E-state index in [-0.39, 0.29) is 57.2 Å². The van der Waals surface area contributed by atoms with Gasteiger partial charge in [0.2, 0.25) is 0 Å². The summed E-state index contributed by atoms with van der Waals surface area (Å²) in [5, 5.41) is 0. The molecule has 0 unspecified atom stereocenters. The van der Waals surface area contributed by atoms with Gasteiger partial charge in [-0.05, 0) is 18.9 Å². The Kier molecular flexibility index (Phi) is 5.06. The molecule has 1 aliphatic rings. The molecule has 3 heteroatoms. The molecular formula is C6H10KNO. The molecule has 0 bridgehead atoms. The van der Waals surface area contributed by atoms with E-state index in [1.165, 1.54) is 6.08 Å². The van der Waals surface area contributed by atoms with E-state index in [0.29, 0.717) is 6.42 Å². The van der Waals surface area contributed by atoms with Gasteiger partial charge in [0.25, 0.3) is 0 Å². The van der Waals surface area contributed by atoms with Crippen LogP contribution in [0.25, 0.3) is 0 Å². The van der Waals surface area contributed by atoms with E-state index in [1.807, 2.05) is 0 Å². The molecular weight excluding hydrogens is 141 g/mol. The van der Waals surface area contributed by atoms with E-state index in [1.54, 1.807) is 0 Å². The second-order valence-electron chi connectivity index (χ2n) is 2.04. The van der Waals surface area contributed by atoms with Crippen molar-refractivity contribution in [2.75, 3.05) is 0 Å². The van der Waals surface area contributed by atoms with Crippen LogP contribution in [0.5, 0.6) is 0 Å². The maximum atomic E-state index is 10.5. The molecule has 46 valence electrons. The third-order valence-corrected chi connectivity index (χ3v) is 1.24. The predicted octanol–water partition coefficient (Wildman–Crippen LogP) is -0.0665. The van der Waals surface area contributed by atoms with Gasteiger partial charge in [0, 0.05) is 12.1 Å². The molecule has 0 spiro atoms. The second-order valence-corrected chi connectivity index (χ2v) is 2.04. The van der Waals surface area contributed by atoms with Gasteiger partial charge in [-0.2, -0.15) is 0 Å². The van der Waals surface area contributed by atoms with Crippen molar-refractivity contribution in [3.8, 4) is 0 Å². The summed E-state index contributed by atoms with van der Waals surface area (Å²) >= 11 is 0. The van der Waals surface area contributed by atoms with Gasteiger partial charge in [0.1, 0.15) is 0 Å². The summed E-state index contributed by atoms with van der Waals surface area (Å²) in [6, 6.07) is 0. The van der Waals surface area contributed by atoms with Crippen LogP contribution >= 0.6 is 0 Å². The summed E-state index contributed by atoms with van der Waals surface area (Å²) in [7, 11) is 0. The van der Waals surface area contributed by atoms with Crippen LogP contribution in [0.4, 0.5) is 0 Å². The molecule has 1 rings (SSSR count). The van der Waals surface area contributed by atoms with Crippen molar-refractivity contribution < 1.29 is 4.79 Å². The molecule has 0 atom stereocenters. The summed E-state index contributed by atoms with van der Waals surface area (Å²) < 4.78 is 0. The molecule has 0 aromatic rings. The number of carbonyl (C=O) groups is 1. The molecule has 0 aliphatic heterocycles. The monoisotopic (exact) mass is 151 g/mol. The van der Waals surface area contributed by atoms with Crippen molar-refractivity contribution in [3.05, 3.63) is 11.8 Å². The Bertz CT molecular complexity index is 142. The number of carbonyl (C=O) groups excluding carboxylic acids is 1. The van der Waals surface area contributed by atoms with E-state index in [2.05, 4.69) is 0 Å². The zero-order chi connectivity index (χ0) is 5.98. The SMILES string of the molecule is NC1=CC(=O)CCC1.[KH].